The van der Waals surface area contributed by atoms with Crippen molar-refractivity contribution in [1.82, 2.24) is 5.32 Å². The molecule has 1 aliphatic carbocycles. The van der Waals surface area contributed by atoms with Crippen molar-refractivity contribution < 1.29 is 9.90 Å². The molecule has 2 N–H and O–H groups in total. The second-order valence-electron chi connectivity index (χ2n) is 6.71. The van der Waals surface area contributed by atoms with Crippen LogP contribution in [0.25, 0.3) is 11.1 Å². The Hall–Kier alpha value is -2.13. The standard InChI is InChI=1S/C21H25NO2/c23-15-17-8-12-20(13-9-17)22-21(24)14-16-6-10-19(11-7-16)18-4-2-1-3-5-18/h1-7,10-11,17,20,23H,8-9,12-15H2,(H,22,24). The smallest absolute Gasteiger partial charge is 0.224 e. The molecular weight excluding hydrogens is 298 g/mol. The molecular formula is C21H25NO2. The number of nitrogens with one attached hydrogen (secondary N) is 1. The van der Waals surface area contributed by atoms with Crippen molar-refractivity contribution in [2.75, 3.05) is 6.61 Å². The minimum Gasteiger partial charge on any atom is -0.396 e. The fourth-order valence-corrected chi connectivity index (χ4v) is 3.40. The number of hydrogen-bond donors (Lipinski definition) is 2. The number of rotatable bonds is 5. The summed E-state index contributed by atoms with van der Waals surface area (Å²) in [5, 5.41) is 12.3. The van der Waals surface area contributed by atoms with Gasteiger partial charge in [-0.15, -0.1) is 0 Å². The maximum absolute atomic E-state index is 12.2. The first-order valence-electron chi connectivity index (χ1n) is 8.79. The van der Waals surface area contributed by atoms with Crippen LogP contribution in [0.5, 0.6) is 0 Å². The molecule has 3 rings (SSSR count). The highest BCUT2D eigenvalue weighted by Crippen LogP contribution is 2.24. The maximum atomic E-state index is 12.2. The highest BCUT2D eigenvalue weighted by Gasteiger charge is 2.21. The van der Waals surface area contributed by atoms with Crippen molar-refractivity contribution in [1.29, 1.82) is 0 Å². The molecule has 3 heteroatoms. The molecule has 2 aromatic carbocycles. The first-order chi connectivity index (χ1) is 11.7. The molecule has 2 aromatic rings. The lowest BCUT2D eigenvalue weighted by Gasteiger charge is -2.28. The SMILES string of the molecule is O=C(Cc1ccc(-c2ccccc2)cc1)NC1CCC(CO)CC1. The normalized spacial score (nSPS) is 20.5. The number of amides is 1. The van der Waals surface area contributed by atoms with Crippen LogP contribution in [-0.2, 0) is 11.2 Å². The van der Waals surface area contributed by atoms with Crippen molar-refractivity contribution in [2.24, 2.45) is 5.92 Å². The van der Waals surface area contributed by atoms with Gasteiger partial charge in [-0.3, -0.25) is 4.79 Å². The Morgan fingerprint density at radius 1 is 0.917 bits per heavy atom. The first kappa shape index (κ1) is 16.7. The molecule has 0 aromatic heterocycles. The third-order valence-corrected chi connectivity index (χ3v) is 4.90. The predicted molar refractivity (Wildman–Crippen MR) is 96.6 cm³/mol. The predicted octanol–water partition coefficient (Wildman–Crippen LogP) is 3.56. The van der Waals surface area contributed by atoms with Gasteiger partial charge in [-0.1, -0.05) is 54.6 Å². The zero-order chi connectivity index (χ0) is 16.8. The zero-order valence-electron chi connectivity index (χ0n) is 13.9. The van der Waals surface area contributed by atoms with Crippen LogP contribution in [0.3, 0.4) is 0 Å². The summed E-state index contributed by atoms with van der Waals surface area (Å²) in [5.74, 6) is 0.513. The number of carbonyl (C=O) groups excluding carboxylic acids is 1. The van der Waals surface area contributed by atoms with Crippen LogP contribution in [-0.4, -0.2) is 23.7 Å². The van der Waals surface area contributed by atoms with Crippen molar-refractivity contribution in [2.45, 2.75) is 38.1 Å². The van der Waals surface area contributed by atoms with Crippen LogP contribution in [0, 0.1) is 5.92 Å². The van der Waals surface area contributed by atoms with Crippen LogP contribution in [0.2, 0.25) is 0 Å². The summed E-state index contributed by atoms with van der Waals surface area (Å²) >= 11 is 0. The van der Waals surface area contributed by atoms with Crippen molar-refractivity contribution >= 4 is 5.91 Å². The van der Waals surface area contributed by atoms with Crippen LogP contribution < -0.4 is 5.32 Å². The van der Waals surface area contributed by atoms with Gasteiger partial charge in [0.25, 0.3) is 0 Å². The Morgan fingerprint density at radius 2 is 1.54 bits per heavy atom. The Bertz CT molecular complexity index is 643. The number of aliphatic hydroxyl groups is 1. The van der Waals surface area contributed by atoms with E-state index < -0.39 is 0 Å². The molecule has 1 fully saturated rings. The number of carbonyl (C=O) groups is 1. The van der Waals surface area contributed by atoms with Gasteiger partial charge < -0.3 is 10.4 Å². The summed E-state index contributed by atoms with van der Waals surface area (Å²) in [6.07, 6.45) is 4.39. The van der Waals surface area contributed by atoms with Crippen LogP contribution >= 0.6 is 0 Å². The second kappa shape index (κ2) is 8.11. The van der Waals surface area contributed by atoms with Crippen molar-refractivity contribution in [3.63, 3.8) is 0 Å². The lowest BCUT2D eigenvalue weighted by Crippen LogP contribution is -2.38. The van der Waals surface area contributed by atoms with Crippen molar-refractivity contribution in [3.05, 3.63) is 60.2 Å². The summed E-state index contributed by atoms with van der Waals surface area (Å²) < 4.78 is 0. The topological polar surface area (TPSA) is 49.3 Å². The average Bonchev–Trinajstić information content (AvgIpc) is 2.64. The molecule has 24 heavy (non-hydrogen) atoms. The minimum absolute atomic E-state index is 0.0925. The number of aliphatic hydroxyl groups excluding tert-OH is 1. The fourth-order valence-electron chi connectivity index (χ4n) is 3.40. The fraction of sp³-hybridized carbons (Fsp3) is 0.381. The third-order valence-electron chi connectivity index (χ3n) is 4.90. The van der Waals surface area contributed by atoms with Gasteiger partial charge in [0, 0.05) is 12.6 Å². The van der Waals surface area contributed by atoms with Gasteiger partial charge in [-0.2, -0.15) is 0 Å². The van der Waals surface area contributed by atoms with E-state index in [1.807, 2.05) is 30.3 Å². The van der Waals surface area contributed by atoms with E-state index in [1.165, 1.54) is 11.1 Å². The number of benzene rings is 2. The molecule has 126 valence electrons. The van der Waals surface area contributed by atoms with Gasteiger partial charge in [-0.25, -0.2) is 0 Å². The molecule has 0 heterocycles. The van der Waals surface area contributed by atoms with Gasteiger partial charge in [0.05, 0.1) is 6.42 Å². The molecule has 1 amide bonds. The summed E-state index contributed by atoms with van der Waals surface area (Å²) in [7, 11) is 0. The van der Waals surface area contributed by atoms with Crippen molar-refractivity contribution in [3.8, 4) is 11.1 Å². The van der Waals surface area contributed by atoms with E-state index in [4.69, 9.17) is 0 Å². The molecule has 0 unspecified atom stereocenters. The average molecular weight is 323 g/mol. The summed E-state index contributed by atoms with van der Waals surface area (Å²) in [6, 6.07) is 18.7. The van der Waals surface area contributed by atoms with E-state index in [0.29, 0.717) is 12.3 Å². The molecule has 0 aliphatic heterocycles. The Morgan fingerprint density at radius 3 is 2.17 bits per heavy atom. The Kier molecular flexibility index (Phi) is 5.65. The zero-order valence-corrected chi connectivity index (χ0v) is 13.9. The summed E-state index contributed by atoms with van der Waals surface area (Å²) in [6.45, 7) is 0.272. The molecule has 1 aliphatic rings. The van der Waals surface area contributed by atoms with E-state index in [1.54, 1.807) is 0 Å². The largest absolute Gasteiger partial charge is 0.396 e. The molecule has 0 bridgehead atoms. The van der Waals surface area contributed by atoms with E-state index >= 15 is 0 Å². The summed E-state index contributed by atoms with van der Waals surface area (Å²) in [4.78, 5) is 12.2. The lowest BCUT2D eigenvalue weighted by molar-refractivity contribution is -0.121. The van der Waals surface area contributed by atoms with E-state index in [0.717, 1.165) is 31.2 Å². The highest BCUT2D eigenvalue weighted by atomic mass is 16.3. The van der Waals surface area contributed by atoms with E-state index in [2.05, 4.69) is 29.6 Å². The van der Waals surface area contributed by atoms with Gasteiger partial charge in [0.15, 0.2) is 0 Å². The molecule has 0 atom stereocenters. The first-order valence-corrected chi connectivity index (χ1v) is 8.79. The van der Waals surface area contributed by atoms with Gasteiger partial charge in [0.2, 0.25) is 5.91 Å². The van der Waals surface area contributed by atoms with Crippen LogP contribution in [0.15, 0.2) is 54.6 Å². The van der Waals surface area contributed by atoms with Gasteiger partial charge >= 0.3 is 0 Å². The second-order valence-corrected chi connectivity index (χ2v) is 6.71. The van der Waals surface area contributed by atoms with Crippen LogP contribution in [0.1, 0.15) is 31.2 Å². The quantitative estimate of drug-likeness (QED) is 0.884. The summed E-state index contributed by atoms with van der Waals surface area (Å²) in [5.41, 5.74) is 3.40. The van der Waals surface area contributed by atoms with Gasteiger partial charge in [-0.05, 0) is 48.3 Å². The Balaban J connectivity index is 1.52. The van der Waals surface area contributed by atoms with Gasteiger partial charge in [0.1, 0.15) is 0 Å². The number of hydrogen-bond acceptors (Lipinski definition) is 2. The molecule has 1 saturated carbocycles. The Labute approximate surface area is 143 Å². The molecule has 3 nitrogen and oxygen atoms in total. The maximum Gasteiger partial charge on any atom is 0.224 e. The molecule has 0 saturated heterocycles. The van der Waals surface area contributed by atoms with E-state index in [-0.39, 0.29) is 18.6 Å². The van der Waals surface area contributed by atoms with Crippen LogP contribution in [0.4, 0.5) is 0 Å². The van der Waals surface area contributed by atoms with E-state index in [9.17, 15) is 9.90 Å². The molecule has 0 spiro atoms. The molecule has 0 radical (unpaired) electrons. The highest BCUT2D eigenvalue weighted by molar-refractivity contribution is 5.79. The lowest BCUT2D eigenvalue weighted by atomic mass is 9.86. The minimum atomic E-state index is 0.0925. The monoisotopic (exact) mass is 323 g/mol. The third kappa shape index (κ3) is 4.45.